The first-order valence-corrected chi connectivity index (χ1v) is 6.68. The lowest BCUT2D eigenvalue weighted by Crippen LogP contribution is -2.35. The molecule has 0 spiro atoms. The lowest BCUT2D eigenvalue weighted by atomic mass is 9.78. The molecule has 100 valence electrons. The van der Waals surface area contributed by atoms with Crippen LogP contribution in [0.1, 0.15) is 38.7 Å². The summed E-state index contributed by atoms with van der Waals surface area (Å²) < 4.78 is 0. The van der Waals surface area contributed by atoms with E-state index in [1.54, 1.807) is 6.20 Å². The van der Waals surface area contributed by atoms with Gasteiger partial charge in [0.2, 0.25) is 5.95 Å². The Morgan fingerprint density at radius 2 is 2.11 bits per heavy atom. The van der Waals surface area contributed by atoms with Crippen molar-refractivity contribution in [2.45, 2.75) is 46.1 Å². The van der Waals surface area contributed by atoms with Gasteiger partial charge in [-0.15, -0.1) is 0 Å². The highest BCUT2D eigenvalue weighted by Gasteiger charge is 2.27. The maximum Gasteiger partial charge on any atom is 0.239 e. The zero-order valence-corrected chi connectivity index (χ0v) is 11.4. The van der Waals surface area contributed by atoms with E-state index in [1.807, 2.05) is 6.92 Å². The normalized spacial score (nSPS) is 27.9. The molecule has 1 heterocycles. The van der Waals surface area contributed by atoms with Crippen molar-refractivity contribution >= 4 is 11.8 Å². The van der Waals surface area contributed by atoms with Crippen LogP contribution in [-0.4, -0.2) is 16.0 Å². The van der Waals surface area contributed by atoms with Crippen LogP contribution in [0.5, 0.6) is 0 Å². The highest BCUT2D eigenvalue weighted by Crippen LogP contribution is 2.31. The summed E-state index contributed by atoms with van der Waals surface area (Å²) in [7, 11) is 0. The van der Waals surface area contributed by atoms with Crippen LogP contribution in [0.3, 0.4) is 0 Å². The van der Waals surface area contributed by atoms with Gasteiger partial charge in [0, 0.05) is 17.8 Å². The quantitative estimate of drug-likeness (QED) is 0.566. The molecule has 1 fully saturated rings. The van der Waals surface area contributed by atoms with Gasteiger partial charge in [0.15, 0.2) is 0 Å². The van der Waals surface area contributed by atoms with Crippen LogP contribution >= 0.6 is 0 Å². The maximum absolute atomic E-state index is 5.35. The first kappa shape index (κ1) is 13.1. The maximum atomic E-state index is 5.35. The molecule has 0 bridgehead atoms. The number of aromatic nitrogens is 2. The van der Waals surface area contributed by atoms with E-state index >= 15 is 0 Å². The lowest BCUT2D eigenvalue weighted by molar-refractivity contribution is 0.253. The molecular formula is C13H23N5. The van der Waals surface area contributed by atoms with Crippen LogP contribution in [-0.2, 0) is 0 Å². The SMILES string of the molecule is Cc1cnc(NN)nc1NC1CCCC(C)C1C. The minimum atomic E-state index is 0.458. The van der Waals surface area contributed by atoms with Crippen molar-refractivity contribution in [1.29, 1.82) is 0 Å². The number of hydrogen-bond donors (Lipinski definition) is 3. The van der Waals surface area contributed by atoms with E-state index in [1.165, 1.54) is 19.3 Å². The third-order valence-corrected chi connectivity index (χ3v) is 4.13. The van der Waals surface area contributed by atoms with Crippen LogP contribution in [0.4, 0.5) is 11.8 Å². The van der Waals surface area contributed by atoms with Crippen molar-refractivity contribution < 1.29 is 0 Å². The third-order valence-electron chi connectivity index (χ3n) is 4.13. The Labute approximate surface area is 109 Å². The molecule has 0 amide bonds. The first-order chi connectivity index (χ1) is 8.61. The smallest absolute Gasteiger partial charge is 0.239 e. The van der Waals surface area contributed by atoms with Crippen molar-refractivity contribution in [2.24, 2.45) is 17.7 Å². The van der Waals surface area contributed by atoms with E-state index in [9.17, 15) is 0 Å². The van der Waals surface area contributed by atoms with Crippen molar-refractivity contribution in [3.63, 3.8) is 0 Å². The molecule has 1 aliphatic carbocycles. The van der Waals surface area contributed by atoms with E-state index in [4.69, 9.17) is 5.84 Å². The van der Waals surface area contributed by atoms with Gasteiger partial charge in [0.25, 0.3) is 0 Å². The van der Waals surface area contributed by atoms with Crippen molar-refractivity contribution in [1.82, 2.24) is 9.97 Å². The number of nitrogens with two attached hydrogens (primary N) is 1. The summed E-state index contributed by atoms with van der Waals surface area (Å²) in [5, 5.41) is 3.56. The second-order valence-electron chi connectivity index (χ2n) is 5.39. The molecule has 1 saturated carbocycles. The van der Waals surface area contributed by atoms with E-state index < -0.39 is 0 Å². The zero-order valence-electron chi connectivity index (χ0n) is 11.4. The lowest BCUT2D eigenvalue weighted by Gasteiger charge is -2.35. The van der Waals surface area contributed by atoms with Crippen LogP contribution in [0.2, 0.25) is 0 Å². The largest absolute Gasteiger partial charge is 0.367 e. The standard InChI is InChI=1S/C13H23N5/c1-8-5-4-6-11(10(8)3)16-12-9(2)7-15-13(17-12)18-14/h7-8,10-11H,4-6,14H2,1-3H3,(H2,15,16,17,18). The summed E-state index contributed by atoms with van der Waals surface area (Å²) >= 11 is 0. The second-order valence-corrected chi connectivity index (χ2v) is 5.39. The van der Waals surface area contributed by atoms with Gasteiger partial charge in [-0.1, -0.05) is 26.7 Å². The molecule has 1 aromatic rings. The Morgan fingerprint density at radius 1 is 1.33 bits per heavy atom. The number of aryl methyl sites for hydroxylation is 1. The predicted octanol–water partition coefficient (Wildman–Crippen LogP) is 2.31. The van der Waals surface area contributed by atoms with Crippen LogP contribution in [0, 0.1) is 18.8 Å². The molecule has 5 nitrogen and oxygen atoms in total. The molecule has 0 radical (unpaired) electrons. The van der Waals surface area contributed by atoms with Gasteiger partial charge in [0.1, 0.15) is 5.82 Å². The van der Waals surface area contributed by atoms with E-state index in [2.05, 4.69) is 34.6 Å². The molecule has 4 N–H and O–H groups in total. The van der Waals surface area contributed by atoms with Gasteiger partial charge >= 0.3 is 0 Å². The Bertz CT molecular complexity index is 406. The van der Waals surface area contributed by atoms with Gasteiger partial charge in [0.05, 0.1) is 0 Å². The summed E-state index contributed by atoms with van der Waals surface area (Å²) in [6, 6.07) is 0.493. The second kappa shape index (κ2) is 5.52. The number of anilines is 2. The van der Waals surface area contributed by atoms with E-state index in [-0.39, 0.29) is 0 Å². The Kier molecular flexibility index (Phi) is 4.01. The number of nitrogens with one attached hydrogen (secondary N) is 2. The summed E-state index contributed by atoms with van der Waals surface area (Å²) in [5.74, 6) is 8.14. The number of nitrogens with zero attached hydrogens (tertiary/aromatic N) is 2. The van der Waals surface area contributed by atoms with E-state index in [0.717, 1.165) is 17.3 Å². The monoisotopic (exact) mass is 249 g/mol. The Hall–Kier alpha value is -1.36. The van der Waals surface area contributed by atoms with Gasteiger partial charge < -0.3 is 5.32 Å². The minimum Gasteiger partial charge on any atom is -0.367 e. The molecule has 0 aromatic carbocycles. The van der Waals surface area contributed by atoms with E-state index in [0.29, 0.717) is 17.9 Å². The van der Waals surface area contributed by atoms with Crippen LogP contribution < -0.4 is 16.6 Å². The molecule has 18 heavy (non-hydrogen) atoms. The Morgan fingerprint density at radius 3 is 2.83 bits per heavy atom. The molecule has 1 aliphatic rings. The molecule has 0 aliphatic heterocycles. The topological polar surface area (TPSA) is 75.9 Å². The summed E-state index contributed by atoms with van der Waals surface area (Å²) in [6.07, 6.45) is 5.62. The fourth-order valence-electron chi connectivity index (χ4n) is 2.62. The highest BCUT2D eigenvalue weighted by atomic mass is 15.3. The fourth-order valence-corrected chi connectivity index (χ4v) is 2.62. The van der Waals surface area contributed by atoms with Crippen LogP contribution in [0.15, 0.2) is 6.20 Å². The average Bonchev–Trinajstić information content (AvgIpc) is 2.37. The highest BCUT2D eigenvalue weighted by molar-refractivity contribution is 5.46. The molecule has 3 atom stereocenters. The van der Waals surface area contributed by atoms with Crippen molar-refractivity contribution in [2.75, 3.05) is 10.7 Å². The molecule has 2 rings (SSSR count). The number of hydrazine groups is 1. The molecule has 1 aromatic heterocycles. The van der Waals surface area contributed by atoms with Crippen molar-refractivity contribution in [3.05, 3.63) is 11.8 Å². The number of nitrogen functional groups attached to an aromatic ring is 1. The van der Waals surface area contributed by atoms with Gasteiger partial charge in [-0.25, -0.2) is 10.8 Å². The van der Waals surface area contributed by atoms with Crippen LogP contribution in [0.25, 0.3) is 0 Å². The Balaban J connectivity index is 2.12. The molecular weight excluding hydrogens is 226 g/mol. The van der Waals surface area contributed by atoms with Gasteiger partial charge in [-0.3, -0.25) is 5.43 Å². The summed E-state index contributed by atoms with van der Waals surface area (Å²) in [5.41, 5.74) is 3.54. The summed E-state index contributed by atoms with van der Waals surface area (Å²) in [6.45, 7) is 6.66. The fraction of sp³-hybridized carbons (Fsp3) is 0.692. The van der Waals surface area contributed by atoms with Crippen molar-refractivity contribution in [3.8, 4) is 0 Å². The van der Waals surface area contributed by atoms with Gasteiger partial charge in [-0.05, 0) is 25.2 Å². The molecule has 3 unspecified atom stereocenters. The number of hydrogen-bond acceptors (Lipinski definition) is 5. The zero-order chi connectivity index (χ0) is 13.1. The number of rotatable bonds is 3. The third kappa shape index (κ3) is 2.72. The summed E-state index contributed by atoms with van der Waals surface area (Å²) in [4.78, 5) is 8.48. The predicted molar refractivity (Wildman–Crippen MR) is 74.2 cm³/mol. The average molecular weight is 249 g/mol. The molecule has 5 heteroatoms. The minimum absolute atomic E-state index is 0.458. The molecule has 0 saturated heterocycles. The van der Waals surface area contributed by atoms with Gasteiger partial charge in [-0.2, -0.15) is 4.98 Å². The first-order valence-electron chi connectivity index (χ1n) is 6.68.